The lowest BCUT2D eigenvalue weighted by Gasteiger charge is -2.28. The molecule has 0 spiro atoms. The number of benzene rings is 1. The number of nitrogens with one attached hydrogen (secondary N) is 1. The summed E-state index contributed by atoms with van der Waals surface area (Å²) in [6, 6.07) is 8.01. The van der Waals surface area contributed by atoms with E-state index in [1.54, 1.807) is 0 Å². The number of hydrogen-bond donors (Lipinski definition) is 2. The van der Waals surface area contributed by atoms with Crippen molar-refractivity contribution >= 4 is 33.8 Å². The van der Waals surface area contributed by atoms with Gasteiger partial charge in [0.25, 0.3) is 0 Å². The first kappa shape index (κ1) is 13.8. The molecule has 6 nitrogen and oxygen atoms in total. The van der Waals surface area contributed by atoms with Crippen LogP contribution in [0.1, 0.15) is 9.67 Å². The van der Waals surface area contributed by atoms with E-state index in [4.69, 9.17) is 9.84 Å². The van der Waals surface area contributed by atoms with E-state index in [-0.39, 0.29) is 4.88 Å². The highest BCUT2D eigenvalue weighted by Gasteiger charge is 2.11. The zero-order chi connectivity index (χ0) is 14.7. The predicted molar refractivity (Wildman–Crippen MR) is 81.8 cm³/mol. The van der Waals surface area contributed by atoms with Gasteiger partial charge in [-0.2, -0.15) is 0 Å². The monoisotopic (exact) mass is 305 g/mol. The lowest BCUT2D eigenvalue weighted by atomic mass is 10.2. The number of aromatic carboxylic acids is 1. The van der Waals surface area contributed by atoms with E-state index in [0.717, 1.165) is 49.0 Å². The highest BCUT2D eigenvalue weighted by Crippen LogP contribution is 2.24. The Morgan fingerprint density at radius 3 is 2.62 bits per heavy atom. The summed E-state index contributed by atoms with van der Waals surface area (Å²) < 4.78 is 5.34. The number of carbonyl (C=O) groups is 1. The fourth-order valence-corrected chi connectivity index (χ4v) is 2.81. The molecule has 0 unspecified atom stereocenters. The maximum atomic E-state index is 10.8. The van der Waals surface area contributed by atoms with Crippen LogP contribution in [-0.2, 0) is 4.74 Å². The van der Waals surface area contributed by atoms with Crippen LogP contribution in [-0.4, -0.2) is 42.4 Å². The molecule has 21 heavy (non-hydrogen) atoms. The van der Waals surface area contributed by atoms with Gasteiger partial charge in [-0.25, -0.2) is 9.78 Å². The summed E-state index contributed by atoms with van der Waals surface area (Å²) >= 11 is 1.12. The van der Waals surface area contributed by atoms with E-state index >= 15 is 0 Å². The number of anilines is 3. The molecule has 7 heteroatoms. The molecule has 0 aliphatic carbocycles. The normalized spacial score (nSPS) is 15.0. The Balaban J connectivity index is 1.67. The SMILES string of the molecule is O=C(O)c1cnc(Nc2ccc(N3CCOCC3)cc2)s1. The maximum absolute atomic E-state index is 10.8. The Bertz CT molecular complexity index is 621. The van der Waals surface area contributed by atoms with E-state index < -0.39 is 5.97 Å². The zero-order valence-corrected chi connectivity index (χ0v) is 12.1. The number of aromatic nitrogens is 1. The van der Waals surface area contributed by atoms with Crippen LogP contribution in [0.2, 0.25) is 0 Å². The molecule has 0 atom stereocenters. The number of carboxylic acid groups (broad SMARTS) is 1. The van der Waals surface area contributed by atoms with E-state index in [1.807, 2.05) is 24.3 Å². The van der Waals surface area contributed by atoms with Crippen molar-refractivity contribution in [3.63, 3.8) is 0 Å². The average Bonchev–Trinajstić information content (AvgIpc) is 2.98. The number of carboxylic acids is 1. The Hall–Kier alpha value is -2.12. The molecule has 0 bridgehead atoms. The highest BCUT2D eigenvalue weighted by atomic mass is 32.1. The van der Waals surface area contributed by atoms with Crippen LogP contribution < -0.4 is 10.2 Å². The minimum atomic E-state index is -0.955. The summed E-state index contributed by atoms with van der Waals surface area (Å²) in [6.07, 6.45) is 1.36. The van der Waals surface area contributed by atoms with E-state index in [2.05, 4.69) is 15.2 Å². The van der Waals surface area contributed by atoms with Crippen LogP contribution in [0.25, 0.3) is 0 Å². The van der Waals surface area contributed by atoms with Crippen molar-refractivity contribution in [3.8, 4) is 0 Å². The van der Waals surface area contributed by atoms with Crippen molar-refractivity contribution in [3.05, 3.63) is 35.3 Å². The third kappa shape index (κ3) is 3.32. The second-order valence-corrected chi connectivity index (χ2v) is 5.64. The van der Waals surface area contributed by atoms with Gasteiger partial charge in [0.2, 0.25) is 0 Å². The Morgan fingerprint density at radius 2 is 2.00 bits per heavy atom. The van der Waals surface area contributed by atoms with Gasteiger partial charge in [-0.3, -0.25) is 0 Å². The molecule has 2 aromatic rings. The molecule has 2 N–H and O–H groups in total. The highest BCUT2D eigenvalue weighted by molar-refractivity contribution is 7.17. The smallest absolute Gasteiger partial charge is 0.347 e. The Labute approximate surface area is 126 Å². The fraction of sp³-hybridized carbons (Fsp3) is 0.286. The molecular weight excluding hydrogens is 290 g/mol. The maximum Gasteiger partial charge on any atom is 0.347 e. The molecule has 0 radical (unpaired) electrons. The van der Waals surface area contributed by atoms with Gasteiger partial charge in [-0.1, -0.05) is 11.3 Å². The van der Waals surface area contributed by atoms with Gasteiger partial charge in [0.1, 0.15) is 4.88 Å². The summed E-state index contributed by atoms with van der Waals surface area (Å²) in [5.74, 6) is -0.955. The molecule has 1 aromatic heterocycles. The van der Waals surface area contributed by atoms with E-state index in [1.165, 1.54) is 6.20 Å². The number of hydrogen-bond acceptors (Lipinski definition) is 6. The van der Waals surface area contributed by atoms with Crippen LogP contribution in [0, 0.1) is 0 Å². The van der Waals surface area contributed by atoms with Crippen molar-refractivity contribution < 1.29 is 14.6 Å². The standard InChI is InChI=1S/C14H15N3O3S/c18-13(19)12-9-15-14(21-12)16-10-1-3-11(4-2-10)17-5-7-20-8-6-17/h1-4,9H,5-8H2,(H,15,16)(H,18,19). The minimum absolute atomic E-state index is 0.224. The van der Waals surface area contributed by atoms with Crippen molar-refractivity contribution in [2.75, 3.05) is 36.5 Å². The topological polar surface area (TPSA) is 74.7 Å². The summed E-state index contributed by atoms with van der Waals surface area (Å²) in [7, 11) is 0. The van der Waals surface area contributed by atoms with Crippen LogP contribution in [0.5, 0.6) is 0 Å². The first-order chi connectivity index (χ1) is 10.2. The summed E-state index contributed by atoms with van der Waals surface area (Å²) in [5.41, 5.74) is 2.05. The van der Waals surface area contributed by atoms with Gasteiger partial charge >= 0.3 is 5.97 Å². The predicted octanol–water partition coefficient (Wildman–Crippen LogP) is 2.42. The number of rotatable bonds is 4. The summed E-state index contributed by atoms with van der Waals surface area (Å²) in [4.78, 5) is 17.4. The third-order valence-corrected chi connectivity index (χ3v) is 4.11. The first-order valence-corrected chi connectivity index (χ1v) is 7.43. The lowest BCUT2D eigenvalue weighted by molar-refractivity contribution is 0.0702. The fourth-order valence-electron chi connectivity index (χ4n) is 2.13. The van der Waals surface area contributed by atoms with Gasteiger partial charge in [-0.05, 0) is 24.3 Å². The van der Waals surface area contributed by atoms with Gasteiger partial charge in [0, 0.05) is 24.5 Å². The number of morpholine rings is 1. The van der Waals surface area contributed by atoms with Gasteiger partial charge in [0.05, 0.1) is 19.4 Å². The number of ether oxygens (including phenoxy) is 1. The molecule has 1 fully saturated rings. The van der Waals surface area contributed by atoms with Crippen molar-refractivity contribution in [1.29, 1.82) is 0 Å². The largest absolute Gasteiger partial charge is 0.477 e. The van der Waals surface area contributed by atoms with Crippen molar-refractivity contribution in [1.82, 2.24) is 4.98 Å². The zero-order valence-electron chi connectivity index (χ0n) is 11.3. The summed E-state index contributed by atoms with van der Waals surface area (Å²) in [6.45, 7) is 3.33. The van der Waals surface area contributed by atoms with E-state index in [9.17, 15) is 4.79 Å². The second-order valence-electron chi connectivity index (χ2n) is 4.61. The Morgan fingerprint density at radius 1 is 1.29 bits per heavy atom. The molecule has 1 aromatic carbocycles. The van der Waals surface area contributed by atoms with Crippen LogP contribution in [0.15, 0.2) is 30.5 Å². The molecule has 1 aliphatic rings. The van der Waals surface area contributed by atoms with Crippen LogP contribution in [0.3, 0.4) is 0 Å². The van der Waals surface area contributed by atoms with Crippen LogP contribution in [0.4, 0.5) is 16.5 Å². The second kappa shape index (κ2) is 6.11. The molecule has 0 saturated carbocycles. The minimum Gasteiger partial charge on any atom is -0.477 e. The molecule has 3 rings (SSSR count). The van der Waals surface area contributed by atoms with Gasteiger partial charge in [0.15, 0.2) is 5.13 Å². The Kier molecular flexibility index (Phi) is 4.03. The number of thiazole rings is 1. The lowest BCUT2D eigenvalue weighted by Crippen LogP contribution is -2.36. The van der Waals surface area contributed by atoms with Crippen LogP contribution >= 0.6 is 11.3 Å². The van der Waals surface area contributed by atoms with Crippen molar-refractivity contribution in [2.24, 2.45) is 0 Å². The average molecular weight is 305 g/mol. The molecule has 1 saturated heterocycles. The molecule has 1 aliphatic heterocycles. The molecule has 0 amide bonds. The van der Waals surface area contributed by atoms with Gasteiger partial charge in [-0.15, -0.1) is 0 Å². The first-order valence-electron chi connectivity index (χ1n) is 6.61. The van der Waals surface area contributed by atoms with Crippen molar-refractivity contribution in [2.45, 2.75) is 0 Å². The molecular formula is C14H15N3O3S. The molecule has 110 valence electrons. The van der Waals surface area contributed by atoms with E-state index in [0.29, 0.717) is 5.13 Å². The number of nitrogens with zero attached hydrogens (tertiary/aromatic N) is 2. The summed E-state index contributed by atoms with van der Waals surface area (Å²) in [5, 5.41) is 12.6. The third-order valence-electron chi connectivity index (χ3n) is 3.21. The van der Waals surface area contributed by atoms with Gasteiger partial charge < -0.3 is 20.1 Å². The quantitative estimate of drug-likeness (QED) is 0.903. The molecule has 2 heterocycles.